The van der Waals surface area contributed by atoms with E-state index in [1.165, 1.54) is 11.0 Å². The molecule has 0 N–H and O–H groups in total. The summed E-state index contributed by atoms with van der Waals surface area (Å²) in [5.74, 6) is 1.65. The van der Waals surface area contributed by atoms with E-state index in [0.717, 1.165) is 12.0 Å². The molecule has 2 bridgehead atoms. The van der Waals surface area contributed by atoms with Gasteiger partial charge in [0.05, 0.1) is 24.6 Å². The van der Waals surface area contributed by atoms with Crippen LogP contribution in [0.2, 0.25) is 0 Å². The third kappa shape index (κ3) is 3.88. The number of anilines is 1. The van der Waals surface area contributed by atoms with E-state index in [1.807, 2.05) is 26.0 Å². The molecule has 6 unspecified atom stereocenters. The first-order chi connectivity index (χ1) is 17.0. The molecule has 35 heavy (non-hydrogen) atoms. The van der Waals surface area contributed by atoms with Gasteiger partial charge in [0.2, 0.25) is 11.8 Å². The van der Waals surface area contributed by atoms with Gasteiger partial charge in [0.15, 0.2) is 5.78 Å². The second-order valence-corrected chi connectivity index (χ2v) is 10.2. The number of rotatable bonds is 5. The Balaban J connectivity index is 0.00000124. The lowest BCUT2D eigenvalue weighted by molar-refractivity contribution is -0.124. The number of carbonyl (C=O) groups excluding carboxylic acids is 3. The molecule has 6 heteroatoms. The van der Waals surface area contributed by atoms with Crippen LogP contribution in [-0.2, 0) is 9.59 Å². The van der Waals surface area contributed by atoms with Crippen molar-refractivity contribution >= 4 is 45.3 Å². The fourth-order valence-corrected chi connectivity index (χ4v) is 6.58. The molecule has 0 spiro atoms. The predicted octanol–water partition coefficient (Wildman–Crippen LogP) is 5.94. The van der Waals surface area contributed by atoms with E-state index in [-0.39, 0.29) is 41.3 Å². The summed E-state index contributed by atoms with van der Waals surface area (Å²) in [5, 5.41) is 0. The van der Waals surface area contributed by atoms with E-state index >= 15 is 0 Å². The van der Waals surface area contributed by atoms with Gasteiger partial charge in [-0.1, -0.05) is 44.2 Å². The van der Waals surface area contributed by atoms with Gasteiger partial charge in [0, 0.05) is 10.0 Å². The molecular formula is C29H28BrNO4. The van der Waals surface area contributed by atoms with Gasteiger partial charge in [-0.25, -0.2) is 0 Å². The Hall–Kier alpha value is -2.99. The van der Waals surface area contributed by atoms with Crippen molar-refractivity contribution in [1.82, 2.24) is 0 Å². The SMILES string of the molecule is CC.COc1ccc(C(=O)/C=C/c2ccc(N3C(=O)C4C5C=CC(C6CC56)C4C3=O)cc2)c(Br)c1. The molecule has 2 amide bonds. The molecule has 180 valence electrons. The molecular weight excluding hydrogens is 506 g/mol. The number of hydrogen-bond acceptors (Lipinski definition) is 4. The number of methoxy groups -OCH3 is 1. The second kappa shape index (κ2) is 9.23. The molecule has 5 nitrogen and oxygen atoms in total. The fraction of sp³-hybridized carbons (Fsp3) is 0.345. The highest BCUT2D eigenvalue weighted by molar-refractivity contribution is 9.10. The molecule has 0 radical (unpaired) electrons. The Labute approximate surface area is 214 Å². The number of halogens is 1. The predicted molar refractivity (Wildman–Crippen MR) is 139 cm³/mol. The van der Waals surface area contributed by atoms with E-state index < -0.39 is 0 Å². The van der Waals surface area contributed by atoms with Crippen LogP contribution in [0.3, 0.4) is 0 Å². The summed E-state index contributed by atoms with van der Waals surface area (Å²) in [4.78, 5) is 40.4. The van der Waals surface area contributed by atoms with Gasteiger partial charge in [0.1, 0.15) is 5.75 Å². The lowest BCUT2D eigenvalue weighted by Gasteiger charge is -2.37. The molecule has 7 rings (SSSR count). The van der Waals surface area contributed by atoms with Gasteiger partial charge < -0.3 is 4.74 Å². The molecule has 1 heterocycles. The van der Waals surface area contributed by atoms with Crippen LogP contribution < -0.4 is 9.64 Å². The van der Waals surface area contributed by atoms with Crippen molar-refractivity contribution in [2.75, 3.05) is 12.0 Å². The molecule has 1 aliphatic heterocycles. The highest BCUT2D eigenvalue weighted by atomic mass is 79.9. The molecule has 1 saturated heterocycles. The minimum Gasteiger partial charge on any atom is -0.497 e. The smallest absolute Gasteiger partial charge is 0.238 e. The van der Waals surface area contributed by atoms with Crippen molar-refractivity contribution in [3.8, 4) is 5.75 Å². The van der Waals surface area contributed by atoms with Gasteiger partial charge >= 0.3 is 0 Å². The van der Waals surface area contributed by atoms with Crippen LogP contribution in [0.25, 0.3) is 6.08 Å². The van der Waals surface area contributed by atoms with Crippen molar-refractivity contribution in [3.63, 3.8) is 0 Å². The van der Waals surface area contributed by atoms with Crippen LogP contribution in [0.1, 0.15) is 36.2 Å². The largest absolute Gasteiger partial charge is 0.497 e. The highest BCUT2D eigenvalue weighted by Crippen LogP contribution is 2.65. The van der Waals surface area contributed by atoms with E-state index in [9.17, 15) is 14.4 Å². The average molecular weight is 534 g/mol. The first-order valence-corrected chi connectivity index (χ1v) is 13.0. The molecule has 2 saturated carbocycles. The maximum Gasteiger partial charge on any atom is 0.238 e. The van der Waals surface area contributed by atoms with E-state index in [1.54, 1.807) is 43.5 Å². The van der Waals surface area contributed by atoms with E-state index in [2.05, 4.69) is 28.1 Å². The monoisotopic (exact) mass is 533 g/mol. The minimum absolute atomic E-state index is 0.0578. The summed E-state index contributed by atoms with van der Waals surface area (Å²) in [6, 6.07) is 12.4. The van der Waals surface area contributed by atoms with Gasteiger partial charge in [-0.2, -0.15) is 0 Å². The maximum atomic E-state index is 13.2. The number of carbonyl (C=O) groups is 3. The van der Waals surface area contributed by atoms with Crippen molar-refractivity contribution in [1.29, 1.82) is 0 Å². The quantitative estimate of drug-likeness (QED) is 0.206. The minimum atomic E-state index is -0.198. The lowest BCUT2D eigenvalue weighted by atomic mass is 9.63. The Morgan fingerprint density at radius 2 is 1.57 bits per heavy atom. The molecule has 4 aliphatic carbocycles. The number of allylic oxidation sites excluding steroid dienone is 3. The maximum absolute atomic E-state index is 13.2. The van der Waals surface area contributed by atoms with Crippen molar-refractivity contribution < 1.29 is 19.1 Å². The number of ketones is 1. The summed E-state index contributed by atoms with van der Waals surface area (Å²) < 4.78 is 5.83. The van der Waals surface area contributed by atoms with Crippen LogP contribution >= 0.6 is 15.9 Å². The zero-order valence-electron chi connectivity index (χ0n) is 20.0. The van der Waals surface area contributed by atoms with Gasteiger partial charge in [-0.3, -0.25) is 19.3 Å². The van der Waals surface area contributed by atoms with Crippen LogP contribution in [0.4, 0.5) is 5.69 Å². The van der Waals surface area contributed by atoms with E-state index in [4.69, 9.17) is 4.74 Å². The number of hydrogen-bond donors (Lipinski definition) is 0. The first kappa shape index (κ1) is 23.7. The topological polar surface area (TPSA) is 63.7 Å². The number of ether oxygens (including phenoxy) is 1. The summed E-state index contributed by atoms with van der Waals surface area (Å²) in [7, 11) is 1.58. The fourth-order valence-electron chi connectivity index (χ4n) is 6.03. The Morgan fingerprint density at radius 1 is 0.971 bits per heavy atom. The Morgan fingerprint density at radius 3 is 2.11 bits per heavy atom. The van der Waals surface area contributed by atoms with Crippen LogP contribution in [-0.4, -0.2) is 24.7 Å². The van der Waals surface area contributed by atoms with Gasteiger partial charge in [-0.15, -0.1) is 0 Å². The summed E-state index contributed by atoms with van der Waals surface area (Å²) in [6.45, 7) is 4.00. The molecule has 2 aromatic rings. The number of nitrogens with zero attached hydrogens (tertiary/aromatic N) is 1. The molecule has 6 atom stereocenters. The zero-order chi connectivity index (χ0) is 24.9. The van der Waals surface area contributed by atoms with Crippen LogP contribution in [0.5, 0.6) is 5.75 Å². The highest BCUT2D eigenvalue weighted by Gasteiger charge is 2.67. The molecule has 0 aromatic heterocycles. The first-order valence-electron chi connectivity index (χ1n) is 12.2. The number of imide groups is 1. The van der Waals surface area contributed by atoms with E-state index in [0.29, 0.717) is 33.3 Å². The second-order valence-electron chi connectivity index (χ2n) is 9.30. The molecule has 3 fully saturated rings. The number of benzene rings is 2. The summed E-state index contributed by atoms with van der Waals surface area (Å²) >= 11 is 3.41. The third-order valence-electron chi connectivity index (χ3n) is 7.68. The van der Waals surface area contributed by atoms with Crippen molar-refractivity contribution in [3.05, 3.63) is 76.3 Å². The average Bonchev–Trinajstić information content (AvgIpc) is 3.67. The number of amides is 2. The third-order valence-corrected chi connectivity index (χ3v) is 8.34. The van der Waals surface area contributed by atoms with Crippen LogP contribution in [0.15, 0.2) is 65.2 Å². The van der Waals surface area contributed by atoms with Crippen LogP contribution in [0, 0.1) is 35.5 Å². The molecule has 5 aliphatic rings. The van der Waals surface area contributed by atoms with Gasteiger partial charge in [0.25, 0.3) is 0 Å². The zero-order valence-corrected chi connectivity index (χ0v) is 21.6. The standard InChI is InChI=1S/C27H22BrNO4.C2H6/c1-33-16-7-8-19(22(28)12-16)23(30)11-4-14-2-5-15(6-3-14)29-26(31)24-17-9-10-18(21-13-20(17)21)25(24)27(29)32;1-2/h2-12,17-18,20-21,24-25H,13H2,1H3;1-2H3/b11-4+;. The van der Waals surface area contributed by atoms with Gasteiger partial charge in [-0.05, 0) is 88.0 Å². The Kier molecular flexibility index (Phi) is 6.26. The molecule has 2 aromatic carbocycles. The lowest BCUT2D eigenvalue weighted by Crippen LogP contribution is -2.40. The normalized spacial score (nSPS) is 29.5. The summed E-state index contributed by atoms with van der Waals surface area (Å²) in [6.07, 6.45) is 8.76. The van der Waals surface area contributed by atoms with Crippen molar-refractivity contribution in [2.45, 2.75) is 20.3 Å². The van der Waals surface area contributed by atoms with Crippen molar-refractivity contribution in [2.24, 2.45) is 35.5 Å². The Bertz CT molecular complexity index is 1210. The summed E-state index contributed by atoms with van der Waals surface area (Å²) in [5.41, 5.74) is 1.96.